The summed E-state index contributed by atoms with van der Waals surface area (Å²) in [6.07, 6.45) is 0. The lowest BCUT2D eigenvalue weighted by molar-refractivity contribution is -0.149. The van der Waals surface area contributed by atoms with Gasteiger partial charge in [0.1, 0.15) is 0 Å². The highest BCUT2D eigenvalue weighted by atomic mass is 16.5. The minimum absolute atomic E-state index is 0.0658. The van der Waals surface area contributed by atoms with Crippen molar-refractivity contribution in [3.8, 4) is 11.5 Å². The molecular weight excluding hydrogens is 282 g/mol. The quantitative estimate of drug-likeness (QED) is 0.529. The van der Waals surface area contributed by atoms with Crippen LogP contribution in [0.25, 0.3) is 0 Å². The molecule has 1 heterocycles. The van der Waals surface area contributed by atoms with Gasteiger partial charge in [0.25, 0.3) is 17.4 Å². The molecule has 112 valence electrons. The van der Waals surface area contributed by atoms with E-state index in [1.165, 1.54) is 26.4 Å². The van der Waals surface area contributed by atoms with E-state index >= 15 is 0 Å². The number of nitrogens with one attached hydrogen (secondary N) is 2. The molecule has 0 aromatic heterocycles. The summed E-state index contributed by atoms with van der Waals surface area (Å²) in [5.41, 5.74) is 2.35. The maximum absolute atomic E-state index is 11.9. The molecule has 2 rings (SSSR count). The Balaban J connectivity index is 2.56. The van der Waals surface area contributed by atoms with Gasteiger partial charge in [0.15, 0.2) is 11.5 Å². The summed E-state index contributed by atoms with van der Waals surface area (Å²) in [6.45, 7) is 0. The molecule has 9 nitrogen and oxygen atoms in total. The molecule has 9 heteroatoms. The third-order valence-corrected chi connectivity index (χ3v) is 3.06. The Bertz CT molecular complexity index is 644. The third-order valence-electron chi connectivity index (χ3n) is 3.06. The Hall–Kier alpha value is -2.81. The number of carbonyl (C=O) groups excluding carboxylic acids is 3. The molecule has 0 saturated carbocycles. The van der Waals surface area contributed by atoms with Gasteiger partial charge in [0, 0.05) is 11.6 Å². The van der Waals surface area contributed by atoms with E-state index in [9.17, 15) is 19.5 Å². The largest absolute Gasteiger partial charge is 0.493 e. The van der Waals surface area contributed by atoms with Crippen LogP contribution in [0.2, 0.25) is 0 Å². The maximum Gasteiger partial charge on any atom is 0.318 e. The Morgan fingerprint density at radius 2 is 1.86 bits per heavy atom. The van der Waals surface area contributed by atoms with Crippen molar-refractivity contribution in [3.05, 3.63) is 17.7 Å². The van der Waals surface area contributed by atoms with Gasteiger partial charge < -0.3 is 25.6 Å². The molecule has 0 fully saturated rings. The van der Waals surface area contributed by atoms with Crippen molar-refractivity contribution in [3.63, 3.8) is 0 Å². The Morgan fingerprint density at radius 1 is 1.29 bits per heavy atom. The zero-order chi connectivity index (χ0) is 15.8. The summed E-state index contributed by atoms with van der Waals surface area (Å²) < 4.78 is 10.1. The molecule has 1 atom stereocenters. The van der Waals surface area contributed by atoms with Crippen LogP contribution in [0.1, 0.15) is 5.56 Å². The molecule has 0 saturated heterocycles. The molecule has 0 spiro atoms. The topological polar surface area (TPSA) is 140 Å². The molecule has 4 amide bonds. The fourth-order valence-corrected chi connectivity index (χ4v) is 2.04. The second-order valence-electron chi connectivity index (χ2n) is 4.24. The maximum atomic E-state index is 11.9. The molecule has 1 aliphatic heterocycles. The summed E-state index contributed by atoms with van der Waals surface area (Å²) in [5.74, 6) is -1.75. The predicted molar refractivity (Wildman–Crippen MR) is 69.8 cm³/mol. The number of anilines is 1. The number of rotatable bonds is 3. The van der Waals surface area contributed by atoms with E-state index < -0.39 is 23.4 Å². The molecule has 0 bridgehead atoms. The van der Waals surface area contributed by atoms with Crippen LogP contribution in [0.15, 0.2) is 12.1 Å². The van der Waals surface area contributed by atoms with Crippen LogP contribution in [0.5, 0.6) is 11.5 Å². The Kier molecular flexibility index (Phi) is 3.44. The highest BCUT2D eigenvalue weighted by Gasteiger charge is 2.52. The summed E-state index contributed by atoms with van der Waals surface area (Å²) >= 11 is 0. The second-order valence-corrected chi connectivity index (χ2v) is 4.24. The lowest BCUT2D eigenvalue weighted by Crippen LogP contribution is -2.52. The summed E-state index contributed by atoms with van der Waals surface area (Å²) in [7, 11) is 2.75. The molecule has 0 unspecified atom stereocenters. The van der Waals surface area contributed by atoms with Crippen LogP contribution in [0.4, 0.5) is 10.5 Å². The third kappa shape index (κ3) is 2.13. The van der Waals surface area contributed by atoms with Gasteiger partial charge in [0.2, 0.25) is 0 Å². The van der Waals surface area contributed by atoms with Gasteiger partial charge in [-0.05, 0) is 6.07 Å². The van der Waals surface area contributed by atoms with Gasteiger partial charge in [-0.3, -0.25) is 14.9 Å². The average molecular weight is 295 g/mol. The number of hydrogen-bond acceptors (Lipinski definition) is 6. The van der Waals surface area contributed by atoms with Crippen molar-refractivity contribution >= 4 is 23.5 Å². The number of imide groups is 1. The number of urea groups is 1. The van der Waals surface area contributed by atoms with Crippen LogP contribution >= 0.6 is 0 Å². The second kappa shape index (κ2) is 4.94. The number of carbonyl (C=O) groups is 3. The number of primary amides is 1. The molecule has 1 aromatic rings. The summed E-state index contributed by atoms with van der Waals surface area (Å²) in [4.78, 5) is 34.6. The standard InChI is InChI=1S/C12H13N3O6/c1-20-7-3-5-6(4-8(7)21-2)14-9(16)12(5,19)10(17)15-11(13)18/h3-4,19H,1-2H3,(H,14,16)(H3,13,15,17,18)/t12-/m0/s1. The van der Waals surface area contributed by atoms with E-state index in [2.05, 4.69) is 5.32 Å². The summed E-state index contributed by atoms with van der Waals surface area (Å²) in [6, 6.07) is 1.48. The van der Waals surface area contributed by atoms with Crippen LogP contribution < -0.4 is 25.8 Å². The van der Waals surface area contributed by atoms with Gasteiger partial charge in [0.05, 0.1) is 19.9 Å². The smallest absolute Gasteiger partial charge is 0.318 e. The first kappa shape index (κ1) is 14.6. The molecule has 1 aliphatic rings. The fourth-order valence-electron chi connectivity index (χ4n) is 2.04. The van der Waals surface area contributed by atoms with Crippen molar-refractivity contribution < 1.29 is 29.0 Å². The Labute approximate surface area is 119 Å². The first-order valence-electron chi connectivity index (χ1n) is 5.75. The lowest BCUT2D eigenvalue weighted by atomic mass is 9.94. The van der Waals surface area contributed by atoms with Crippen LogP contribution in [-0.2, 0) is 15.2 Å². The Morgan fingerprint density at radius 3 is 2.38 bits per heavy atom. The van der Waals surface area contributed by atoms with Gasteiger partial charge in [-0.2, -0.15) is 0 Å². The predicted octanol–water partition coefficient (Wildman–Crippen LogP) is -0.962. The molecular formula is C12H13N3O6. The number of fused-ring (bicyclic) bond motifs is 1. The van der Waals surface area contributed by atoms with Crippen molar-refractivity contribution in [1.82, 2.24) is 5.32 Å². The zero-order valence-corrected chi connectivity index (χ0v) is 11.2. The highest BCUT2D eigenvalue weighted by molar-refractivity contribution is 6.21. The number of aliphatic hydroxyl groups is 1. The van der Waals surface area contributed by atoms with Crippen LogP contribution in [-0.4, -0.2) is 37.2 Å². The number of ether oxygens (including phenoxy) is 2. The minimum atomic E-state index is -2.58. The number of amides is 4. The SMILES string of the molecule is COc1cc2c(cc1OC)[C@@](O)(C(=O)NC(N)=O)C(=O)N2. The lowest BCUT2D eigenvalue weighted by Gasteiger charge is -2.19. The van der Waals surface area contributed by atoms with Crippen molar-refractivity contribution in [2.24, 2.45) is 5.73 Å². The van der Waals surface area contributed by atoms with Gasteiger partial charge >= 0.3 is 6.03 Å². The molecule has 21 heavy (non-hydrogen) atoms. The van der Waals surface area contributed by atoms with E-state index in [-0.39, 0.29) is 17.0 Å². The van der Waals surface area contributed by atoms with E-state index in [0.717, 1.165) is 0 Å². The van der Waals surface area contributed by atoms with E-state index in [1.54, 1.807) is 5.32 Å². The van der Waals surface area contributed by atoms with E-state index in [4.69, 9.17) is 15.2 Å². The normalized spacial score (nSPS) is 19.5. The van der Waals surface area contributed by atoms with Crippen LogP contribution in [0.3, 0.4) is 0 Å². The van der Waals surface area contributed by atoms with Crippen LogP contribution in [0, 0.1) is 0 Å². The minimum Gasteiger partial charge on any atom is -0.493 e. The number of hydrogen-bond donors (Lipinski definition) is 4. The molecule has 1 aromatic carbocycles. The fraction of sp³-hybridized carbons (Fsp3) is 0.250. The van der Waals surface area contributed by atoms with E-state index in [0.29, 0.717) is 5.75 Å². The number of benzene rings is 1. The number of methoxy groups -OCH3 is 2. The van der Waals surface area contributed by atoms with E-state index in [1.807, 2.05) is 0 Å². The van der Waals surface area contributed by atoms with Gasteiger partial charge in [-0.25, -0.2) is 4.79 Å². The molecule has 0 radical (unpaired) electrons. The van der Waals surface area contributed by atoms with Crippen molar-refractivity contribution in [1.29, 1.82) is 0 Å². The van der Waals surface area contributed by atoms with Gasteiger partial charge in [-0.1, -0.05) is 0 Å². The molecule has 5 N–H and O–H groups in total. The highest BCUT2D eigenvalue weighted by Crippen LogP contribution is 2.42. The summed E-state index contributed by atoms with van der Waals surface area (Å²) in [5, 5.41) is 14.4. The van der Waals surface area contributed by atoms with Crippen molar-refractivity contribution in [2.45, 2.75) is 5.60 Å². The average Bonchev–Trinajstić information content (AvgIpc) is 2.69. The first-order chi connectivity index (χ1) is 9.84. The number of nitrogens with two attached hydrogens (primary N) is 1. The molecule has 0 aliphatic carbocycles. The van der Waals surface area contributed by atoms with Crippen molar-refractivity contribution in [2.75, 3.05) is 19.5 Å². The zero-order valence-electron chi connectivity index (χ0n) is 11.2. The first-order valence-corrected chi connectivity index (χ1v) is 5.75. The monoisotopic (exact) mass is 295 g/mol. The van der Waals surface area contributed by atoms with Gasteiger partial charge in [-0.15, -0.1) is 0 Å².